The fourth-order valence-corrected chi connectivity index (χ4v) is 15.8. The second-order valence-electron chi connectivity index (χ2n) is 28.2. The van der Waals surface area contributed by atoms with E-state index in [1.54, 1.807) is 0 Å². The second kappa shape index (κ2) is 31.9. The standard InChI is InChI=1S/C64H42N4.C44H32N2/c1-66-64-58-41-35-47(28-26-45-30-36-53(37-31-45)67(51-18-4-2-5-19-51)62-24-12-16-49-14-8-10-22-55(49)62)42-59(58)61(44-65)57-40-34-48(43-60(57)64)29-27-46-32-38-54(39-33-46)68(52-20-6-3-7-21-52)63-25-13-17-50-15-9-11-23-56(50)63;1-3-17-37(18-4-1)45(43-23-11-15-35-13-7-9-21-41(35)43)39-29-25-33(26-30-39)34-27-31-40(32-28-34)46(38-19-5-2-6-20-38)44-24-12-16-36-14-8-10-22-42(36)44/h2-43H;1-32H. The third-order valence-electron chi connectivity index (χ3n) is 21.3. The molecule has 6 heteroatoms. The lowest BCUT2D eigenvalue weighted by Gasteiger charge is -2.27. The molecule has 0 radical (unpaired) electrons. The van der Waals surface area contributed by atoms with Crippen molar-refractivity contribution >= 4 is 163 Å². The number of rotatable bonds is 17. The van der Waals surface area contributed by atoms with E-state index < -0.39 is 0 Å². The van der Waals surface area contributed by atoms with Crippen molar-refractivity contribution in [1.82, 2.24) is 0 Å². The Kier molecular flexibility index (Phi) is 19.6. The Morgan fingerprint density at radius 3 is 0.789 bits per heavy atom. The molecule has 0 saturated heterocycles. The quantitative estimate of drug-likeness (QED) is 0.0516. The number of hydrogen-bond donors (Lipinski definition) is 0. The largest absolute Gasteiger partial charge is 0.310 e. The SMILES string of the molecule is [C-]#[N+]c1c2ccc(C=Cc3ccc(N(c4ccccc4)c4cccc5ccccc45)cc3)cc2c(C#N)c2ccc(C=Cc3ccc(N(c4ccccc4)c4cccc5ccccc45)cc3)cc12.c1ccc(N(c2ccc(-c3ccc(N(c4ccccc4)c4cccc5ccccc45)cc3)cc2)c2cccc3ccccc23)cc1. The van der Waals surface area contributed by atoms with Gasteiger partial charge in [-0.05, 0) is 204 Å². The van der Waals surface area contributed by atoms with Crippen molar-refractivity contribution in [2.75, 3.05) is 19.6 Å². The first-order valence-electron chi connectivity index (χ1n) is 38.4. The molecule has 0 aromatic heterocycles. The minimum Gasteiger partial charge on any atom is -0.310 e. The molecule has 19 rings (SSSR count). The van der Waals surface area contributed by atoms with Crippen molar-refractivity contribution in [3.05, 3.63) is 464 Å². The van der Waals surface area contributed by atoms with Crippen molar-refractivity contribution in [3.8, 4) is 17.2 Å². The molecule has 0 bridgehead atoms. The van der Waals surface area contributed by atoms with Gasteiger partial charge in [-0.1, -0.05) is 322 Å². The highest BCUT2D eigenvalue weighted by atomic mass is 15.2. The summed E-state index contributed by atoms with van der Waals surface area (Å²) in [6.45, 7) is 8.31. The molecule has 19 aromatic rings. The maximum absolute atomic E-state index is 10.6. The molecule has 0 aliphatic carbocycles. The van der Waals surface area contributed by atoms with E-state index in [1.165, 1.54) is 54.2 Å². The van der Waals surface area contributed by atoms with Gasteiger partial charge in [0.25, 0.3) is 0 Å². The van der Waals surface area contributed by atoms with Gasteiger partial charge in [0.05, 0.1) is 34.9 Å². The number of anilines is 12. The van der Waals surface area contributed by atoms with Crippen molar-refractivity contribution in [1.29, 1.82) is 5.26 Å². The molecule has 0 N–H and O–H groups in total. The molecule has 0 heterocycles. The van der Waals surface area contributed by atoms with Crippen LogP contribution in [0.1, 0.15) is 27.8 Å². The summed E-state index contributed by atoms with van der Waals surface area (Å²) in [6.07, 6.45) is 8.33. The summed E-state index contributed by atoms with van der Waals surface area (Å²) < 4.78 is 0. The molecule has 536 valence electrons. The minimum atomic E-state index is 0.545. The molecule has 6 nitrogen and oxygen atoms in total. The summed E-state index contributed by atoms with van der Waals surface area (Å²) in [5, 5.41) is 23.3. The fourth-order valence-electron chi connectivity index (χ4n) is 15.8. The average Bonchev–Trinajstić information content (AvgIpc) is 0.751. The van der Waals surface area contributed by atoms with Gasteiger partial charge in [0.15, 0.2) is 0 Å². The zero-order valence-corrected chi connectivity index (χ0v) is 62.4. The van der Waals surface area contributed by atoms with E-state index >= 15 is 0 Å². The van der Waals surface area contributed by atoms with Gasteiger partial charge >= 0.3 is 0 Å². The lowest BCUT2D eigenvalue weighted by atomic mass is 9.93. The highest BCUT2D eigenvalue weighted by molar-refractivity contribution is 6.16. The summed E-state index contributed by atoms with van der Waals surface area (Å²) in [5.41, 5.74) is 20.8. The minimum absolute atomic E-state index is 0.545. The number of nitriles is 1. The van der Waals surface area contributed by atoms with E-state index in [4.69, 9.17) is 6.57 Å². The van der Waals surface area contributed by atoms with Crippen LogP contribution in [0.25, 0.3) is 105 Å². The highest BCUT2D eigenvalue weighted by Crippen LogP contribution is 2.46. The topological polar surface area (TPSA) is 41.1 Å². The van der Waals surface area contributed by atoms with Gasteiger partial charge < -0.3 is 19.6 Å². The predicted molar refractivity (Wildman–Crippen MR) is 484 cm³/mol. The zero-order chi connectivity index (χ0) is 76.5. The predicted octanol–water partition coefficient (Wildman–Crippen LogP) is 30.6. The monoisotopic (exact) mass is 1450 g/mol. The van der Waals surface area contributed by atoms with E-state index in [-0.39, 0.29) is 0 Å². The van der Waals surface area contributed by atoms with E-state index in [0.717, 1.165) is 112 Å². The average molecular weight is 1460 g/mol. The maximum Gasteiger partial charge on any atom is 0.202 e. The third-order valence-corrected chi connectivity index (χ3v) is 21.3. The first-order valence-corrected chi connectivity index (χ1v) is 38.4. The molecule has 0 aliphatic heterocycles. The Labute approximate surface area is 664 Å². The molecule has 19 aromatic carbocycles. The molecule has 0 spiro atoms. The summed E-state index contributed by atoms with van der Waals surface area (Å²) in [5.74, 6) is 0. The second-order valence-corrected chi connectivity index (χ2v) is 28.2. The van der Waals surface area contributed by atoms with Gasteiger partial charge in [-0.15, -0.1) is 0 Å². The number of benzene rings is 19. The van der Waals surface area contributed by atoms with Gasteiger partial charge in [0, 0.05) is 67.0 Å². The van der Waals surface area contributed by atoms with Gasteiger partial charge in [0.2, 0.25) is 5.69 Å². The van der Waals surface area contributed by atoms with Crippen LogP contribution in [0.15, 0.2) is 425 Å². The molecular weight excluding hydrogens is 1380 g/mol. The van der Waals surface area contributed by atoms with Gasteiger partial charge in [-0.3, -0.25) is 0 Å². The van der Waals surface area contributed by atoms with Crippen LogP contribution in [-0.4, -0.2) is 0 Å². The first-order chi connectivity index (χ1) is 56.5. The Hall–Kier alpha value is -15.6. The van der Waals surface area contributed by atoms with Crippen molar-refractivity contribution in [2.45, 2.75) is 0 Å². The molecule has 0 amide bonds. The van der Waals surface area contributed by atoms with Crippen LogP contribution in [0.3, 0.4) is 0 Å². The summed E-state index contributed by atoms with van der Waals surface area (Å²) >= 11 is 0. The van der Waals surface area contributed by atoms with Gasteiger partial charge in [0.1, 0.15) is 6.07 Å². The van der Waals surface area contributed by atoms with E-state index in [9.17, 15) is 5.26 Å². The molecule has 0 aliphatic rings. The van der Waals surface area contributed by atoms with Crippen LogP contribution in [0.2, 0.25) is 0 Å². The maximum atomic E-state index is 10.6. The van der Waals surface area contributed by atoms with Crippen molar-refractivity contribution in [2.24, 2.45) is 0 Å². The van der Waals surface area contributed by atoms with Crippen LogP contribution in [-0.2, 0) is 0 Å². The molecule has 114 heavy (non-hydrogen) atoms. The van der Waals surface area contributed by atoms with Gasteiger partial charge in [-0.25, -0.2) is 4.85 Å². The lowest BCUT2D eigenvalue weighted by Crippen LogP contribution is -2.10. The van der Waals surface area contributed by atoms with E-state index in [2.05, 4.69) is 431 Å². The van der Waals surface area contributed by atoms with E-state index in [0.29, 0.717) is 11.3 Å². The Balaban J connectivity index is 0.000000171. The zero-order valence-electron chi connectivity index (χ0n) is 62.4. The molecule has 0 atom stereocenters. The number of fused-ring (bicyclic) bond motifs is 6. The first kappa shape index (κ1) is 70.1. The summed E-state index contributed by atoms with van der Waals surface area (Å²) in [4.78, 5) is 13.3. The Bertz CT molecular complexity index is 6410. The molecule has 0 saturated carbocycles. The fraction of sp³-hybridized carbons (Fsp3) is 0. The van der Waals surface area contributed by atoms with Crippen LogP contribution >= 0.6 is 0 Å². The van der Waals surface area contributed by atoms with E-state index in [1.807, 2.05) is 48.5 Å². The van der Waals surface area contributed by atoms with Crippen LogP contribution in [0.4, 0.5) is 73.9 Å². The number of nitrogens with zero attached hydrogens (tertiary/aromatic N) is 6. The normalized spacial score (nSPS) is 11.2. The Morgan fingerprint density at radius 2 is 0.474 bits per heavy atom. The van der Waals surface area contributed by atoms with Crippen molar-refractivity contribution < 1.29 is 0 Å². The Morgan fingerprint density at radius 1 is 0.219 bits per heavy atom. The number of para-hydroxylation sites is 4. The van der Waals surface area contributed by atoms with Crippen molar-refractivity contribution in [3.63, 3.8) is 0 Å². The number of hydrogen-bond acceptors (Lipinski definition) is 5. The highest BCUT2D eigenvalue weighted by Gasteiger charge is 2.22. The smallest absolute Gasteiger partial charge is 0.202 e. The van der Waals surface area contributed by atoms with Crippen LogP contribution in [0, 0.1) is 17.9 Å². The van der Waals surface area contributed by atoms with Gasteiger partial charge in [-0.2, -0.15) is 5.26 Å². The van der Waals surface area contributed by atoms with Crippen LogP contribution < -0.4 is 19.6 Å². The third kappa shape index (κ3) is 14.2. The molecule has 0 fully saturated rings. The molecule has 0 unspecified atom stereocenters. The van der Waals surface area contributed by atoms with Crippen LogP contribution in [0.5, 0.6) is 0 Å². The summed E-state index contributed by atoms with van der Waals surface area (Å²) in [7, 11) is 0. The lowest BCUT2D eigenvalue weighted by molar-refractivity contribution is 1.29. The molecular formula is C108H74N6. The summed E-state index contributed by atoms with van der Waals surface area (Å²) in [6, 6.07) is 152.